The SMILES string of the molecule is Cc1ccc2c(CC(=O)OCC(=O)Nc3cccc(Cl)c3C)coc2c1. The molecule has 0 unspecified atom stereocenters. The number of anilines is 1. The Morgan fingerprint density at radius 1 is 1.19 bits per heavy atom. The van der Waals surface area contributed by atoms with Crippen molar-refractivity contribution in [1.29, 1.82) is 0 Å². The van der Waals surface area contributed by atoms with Crippen LogP contribution in [0, 0.1) is 13.8 Å². The van der Waals surface area contributed by atoms with Crippen molar-refractivity contribution in [2.24, 2.45) is 0 Å². The lowest BCUT2D eigenvalue weighted by Crippen LogP contribution is -2.22. The molecule has 6 heteroatoms. The number of ether oxygens (including phenoxy) is 1. The van der Waals surface area contributed by atoms with Gasteiger partial charge >= 0.3 is 5.97 Å². The Morgan fingerprint density at radius 2 is 2.00 bits per heavy atom. The van der Waals surface area contributed by atoms with Gasteiger partial charge in [-0.25, -0.2) is 0 Å². The van der Waals surface area contributed by atoms with Crippen molar-refractivity contribution in [3.05, 3.63) is 64.4 Å². The minimum absolute atomic E-state index is 0.0412. The van der Waals surface area contributed by atoms with Crippen LogP contribution in [0.3, 0.4) is 0 Å². The maximum absolute atomic E-state index is 12.0. The molecule has 0 aliphatic heterocycles. The summed E-state index contributed by atoms with van der Waals surface area (Å²) in [4.78, 5) is 24.0. The first-order chi connectivity index (χ1) is 12.4. The lowest BCUT2D eigenvalue weighted by molar-refractivity contribution is -0.146. The van der Waals surface area contributed by atoms with Crippen LogP contribution in [0.4, 0.5) is 5.69 Å². The van der Waals surface area contributed by atoms with Crippen LogP contribution in [0.25, 0.3) is 11.0 Å². The van der Waals surface area contributed by atoms with Gasteiger partial charge < -0.3 is 14.5 Å². The number of rotatable bonds is 5. The highest BCUT2D eigenvalue weighted by Gasteiger charge is 2.14. The van der Waals surface area contributed by atoms with Gasteiger partial charge in [-0.1, -0.05) is 29.8 Å². The maximum Gasteiger partial charge on any atom is 0.310 e. The molecule has 1 heterocycles. The fraction of sp³-hybridized carbons (Fsp3) is 0.200. The molecule has 0 saturated heterocycles. The summed E-state index contributed by atoms with van der Waals surface area (Å²) in [7, 11) is 0. The molecule has 0 saturated carbocycles. The monoisotopic (exact) mass is 371 g/mol. The third-order valence-electron chi connectivity index (χ3n) is 4.05. The molecule has 5 nitrogen and oxygen atoms in total. The number of fused-ring (bicyclic) bond motifs is 1. The Labute approximate surface area is 155 Å². The van der Waals surface area contributed by atoms with Crippen LogP contribution in [-0.2, 0) is 20.7 Å². The lowest BCUT2D eigenvalue weighted by atomic mass is 10.1. The first kappa shape index (κ1) is 18.0. The highest BCUT2D eigenvalue weighted by molar-refractivity contribution is 6.31. The Hall–Kier alpha value is -2.79. The van der Waals surface area contributed by atoms with Crippen molar-refractivity contribution in [3.8, 4) is 0 Å². The number of nitrogens with one attached hydrogen (secondary N) is 1. The van der Waals surface area contributed by atoms with E-state index in [1.807, 2.05) is 25.1 Å². The van der Waals surface area contributed by atoms with Crippen LogP contribution in [0.1, 0.15) is 16.7 Å². The van der Waals surface area contributed by atoms with Crippen LogP contribution < -0.4 is 5.32 Å². The molecule has 1 amide bonds. The molecular weight excluding hydrogens is 354 g/mol. The number of carbonyl (C=O) groups is 2. The Bertz CT molecular complexity index is 977. The minimum Gasteiger partial charge on any atom is -0.464 e. The van der Waals surface area contributed by atoms with Gasteiger partial charge in [0, 0.05) is 21.7 Å². The predicted octanol–water partition coefficient (Wildman–Crippen LogP) is 4.43. The summed E-state index contributed by atoms with van der Waals surface area (Å²) in [6.07, 6.45) is 1.58. The van der Waals surface area contributed by atoms with E-state index in [9.17, 15) is 9.59 Å². The third-order valence-corrected chi connectivity index (χ3v) is 4.46. The maximum atomic E-state index is 12.0. The van der Waals surface area contributed by atoms with E-state index in [0.717, 1.165) is 27.7 Å². The van der Waals surface area contributed by atoms with E-state index in [1.165, 1.54) is 0 Å². The second-order valence-corrected chi connectivity index (χ2v) is 6.47. The molecule has 1 N–H and O–H groups in total. The van der Waals surface area contributed by atoms with E-state index in [1.54, 1.807) is 31.4 Å². The molecular formula is C20H18ClNO4. The summed E-state index contributed by atoms with van der Waals surface area (Å²) in [6.45, 7) is 3.41. The molecule has 3 rings (SSSR count). The first-order valence-electron chi connectivity index (χ1n) is 8.11. The second kappa shape index (κ2) is 7.62. The molecule has 0 spiro atoms. The molecule has 0 aliphatic carbocycles. The normalized spacial score (nSPS) is 10.7. The molecule has 26 heavy (non-hydrogen) atoms. The average molecular weight is 372 g/mol. The second-order valence-electron chi connectivity index (χ2n) is 6.06. The van der Waals surface area contributed by atoms with Crippen molar-refractivity contribution in [2.75, 3.05) is 11.9 Å². The molecule has 134 valence electrons. The van der Waals surface area contributed by atoms with Gasteiger partial charge in [-0.05, 0) is 43.2 Å². The van der Waals surface area contributed by atoms with E-state index in [4.69, 9.17) is 20.8 Å². The molecule has 0 radical (unpaired) electrons. The zero-order valence-electron chi connectivity index (χ0n) is 14.5. The zero-order valence-corrected chi connectivity index (χ0v) is 15.2. The van der Waals surface area contributed by atoms with Crippen LogP contribution in [0.5, 0.6) is 0 Å². The molecule has 0 atom stereocenters. The summed E-state index contributed by atoms with van der Waals surface area (Å²) in [5.41, 5.74) is 3.88. The van der Waals surface area contributed by atoms with Crippen LogP contribution in [0.2, 0.25) is 5.02 Å². The lowest BCUT2D eigenvalue weighted by Gasteiger charge is -2.09. The van der Waals surface area contributed by atoms with Gasteiger partial charge in [0.1, 0.15) is 5.58 Å². The molecule has 0 bridgehead atoms. The topological polar surface area (TPSA) is 68.5 Å². The minimum atomic E-state index is -0.494. The first-order valence-corrected chi connectivity index (χ1v) is 8.49. The Balaban J connectivity index is 1.56. The van der Waals surface area contributed by atoms with Gasteiger partial charge in [0.15, 0.2) is 6.61 Å². The van der Waals surface area contributed by atoms with E-state index < -0.39 is 11.9 Å². The Kier molecular flexibility index (Phi) is 5.28. The Morgan fingerprint density at radius 3 is 2.81 bits per heavy atom. The van der Waals surface area contributed by atoms with Crippen LogP contribution in [-0.4, -0.2) is 18.5 Å². The predicted molar refractivity (Wildman–Crippen MR) is 100 cm³/mol. The standard InChI is InChI=1S/C20H18ClNO4/c1-12-6-7-15-14(10-25-18(15)8-12)9-20(24)26-11-19(23)22-17-5-3-4-16(21)13(17)2/h3-8,10H,9,11H2,1-2H3,(H,22,23). The summed E-state index contributed by atoms with van der Waals surface area (Å²) >= 11 is 6.02. The average Bonchev–Trinajstić information content (AvgIpc) is 2.99. The number of furan rings is 1. The van der Waals surface area contributed by atoms with Crippen molar-refractivity contribution in [2.45, 2.75) is 20.3 Å². The molecule has 0 aliphatic rings. The van der Waals surface area contributed by atoms with Crippen LogP contribution in [0.15, 0.2) is 47.1 Å². The van der Waals surface area contributed by atoms with E-state index in [2.05, 4.69) is 5.32 Å². The van der Waals surface area contributed by atoms with E-state index in [0.29, 0.717) is 10.7 Å². The van der Waals surface area contributed by atoms with Gasteiger partial charge in [-0.15, -0.1) is 0 Å². The number of benzene rings is 2. The molecule has 0 fully saturated rings. The molecule has 1 aromatic heterocycles. The number of hydrogen-bond acceptors (Lipinski definition) is 4. The smallest absolute Gasteiger partial charge is 0.310 e. The van der Waals surface area contributed by atoms with Gasteiger partial charge in [-0.3, -0.25) is 9.59 Å². The summed E-state index contributed by atoms with van der Waals surface area (Å²) < 4.78 is 10.5. The van der Waals surface area contributed by atoms with E-state index in [-0.39, 0.29) is 13.0 Å². The number of aryl methyl sites for hydroxylation is 1. The van der Waals surface area contributed by atoms with Crippen molar-refractivity contribution in [1.82, 2.24) is 0 Å². The highest BCUT2D eigenvalue weighted by Crippen LogP contribution is 2.24. The largest absolute Gasteiger partial charge is 0.464 e. The van der Waals surface area contributed by atoms with Crippen molar-refractivity contribution < 1.29 is 18.7 Å². The number of esters is 1. The third kappa shape index (κ3) is 4.06. The van der Waals surface area contributed by atoms with Gasteiger partial charge in [0.2, 0.25) is 0 Å². The highest BCUT2D eigenvalue weighted by atomic mass is 35.5. The van der Waals surface area contributed by atoms with Gasteiger partial charge in [0.25, 0.3) is 5.91 Å². The molecule has 3 aromatic rings. The zero-order chi connectivity index (χ0) is 18.7. The fourth-order valence-electron chi connectivity index (χ4n) is 2.61. The van der Waals surface area contributed by atoms with Crippen LogP contribution >= 0.6 is 11.6 Å². The molecule has 2 aromatic carbocycles. The van der Waals surface area contributed by atoms with Crippen molar-refractivity contribution in [3.63, 3.8) is 0 Å². The van der Waals surface area contributed by atoms with Gasteiger partial charge in [0.05, 0.1) is 12.7 Å². The van der Waals surface area contributed by atoms with Gasteiger partial charge in [-0.2, -0.15) is 0 Å². The number of hydrogen-bond donors (Lipinski definition) is 1. The fourth-order valence-corrected chi connectivity index (χ4v) is 2.78. The number of amides is 1. The van der Waals surface area contributed by atoms with Crippen molar-refractivity contribution >= 4 is 40.1 Å². The summed E-state index contributed by atoms with van der Waals surface area (Å²) in [5, 5.41) is 4.11. The van der Waals surface area contributed by atoms with E-state index >= 15 is 0 Å². The number of carbonyl (C=O) groups excluding carboxylic acids is 2. The summed E-state index contributed by atoms with van der Waals surface area (Å²) in [6, 6.07) is 11.0. The number of halogens is 1. The quantitative estimate of drug-likeness (QED) is 0.674. The summed E-state index contributed by atoms with van der Waals surface area (Å²) in [5.74, 6) is -0.914.